The largest absolute Gasteiger partial charge is 0.462 e. The average molecular weight is 843 g/mol. The Kier molecular flexibility index (Phi) is 47.3. The lowest BCUT2D eigenvalue weighted by Gasteiger charge is -2.18. The average Bonchev–Trinajstić information content (AvgIpc) is 3.24. The number of allylic oxidation sites excluding steroid dienone is 6. The third-order valence-corrected chi connectivity index (χ3v) is 11.4. The molecule has 0 aliphatic rings. The molecule has 6 heteroatoms. The first-order chi connectivity index (χ1) is 29.5. The van der Waals surface area contributed by atoms with Crippen LogP contribution in [-0.4, -0.2) is 37.2 Å². The van der Waals surface area contributed by atoms with Crippen LogP contribution >= 0.6 is 0 Å². The van der Waals surface area contributed by atoms with Gasteiger partial charge in [-0.2, -0.15) is 0 Å². The maximum absolute atomic E-state index is 12.8. The van der Waals surface area contributed by atoms with Crippen molar-refractivity contribution in [1.82, 2.24) is 0 Å². The van der Waals surface area contributed by atoms with Crippen LogP contribution in [0.4, 0.5) is 0 Å². The van der Waals surface area contributed by atoms with E-state index >= 15 is 0 Å². The van der Waals surface area contributed by atoms with E-state index in [9.17, 15) is 14.4 Å². The molecule has 0 fully saturated rings. The van der Waals surface area contributed by atoms with Crippen LogP contribution in [0.5, 0.6) is 0 Å². The summed E-state index contributed by atoms with van der Waals surface area (Å²) in [4.78, 5) is 37.8. The van der Waals surface area contributed by atoms with Crippen molar-refractivity contribution in [2.45, 2.75) is 277 Å². The summed E-state index contributed by atoms with van der Waals surface area (Å²) >= 11 is 0. The molecular formula is C54H98O6. The van der Waals surface area contributed by atoms with E-state index in [0.29, 0.717) is 19.3 Å². The zero-order valence-corrected chi connectivity index (χ0v) is 40.0. The van der Waals surface area contributed by atoms with Crippen molar-refractivity contribution in [3.63, 3.8) is 0 Å². The van der Waals surface area contributed by atoms with Gasteiger partial charge in [0.1, 0.15) is 13.2 Å². The van der Waals surface area contributed by atoms with Gasteiger partial charge >= 0.3 is 17.9 Å². The SMILES string of the molecule is CCCCC/C=C\C/C=C\CCCCCCCCCCCC(=O)OCC(COC(=O)CCCCCCCCC)OC(=O)CCCCCCC/C=C\CCCCCCCCC. The highest BCUT2D eigenvalue weighted by Gasteiger charge is 2.19. The molecule has 0 saturated heterocycles. The molecule has 0 rings (SSSR count). The molecule has 0 aliphatic carbocycles. The Labute approximate surface area is 372 Å². The Hall–Kier alpha value is -2.37. The molecule has 350 valence electrons. The monoisotopic (exact) mass is 843 g/mol. The standard InChI is InChI=1S/C54H98O6/c1-4-7-10-13-16-18-20-22-24-26-27-28-30-31-33-35-38-41-44-47-53(56)59-50-51(49-58-52(55)46-43-40-37-15-12-9-6-3)60-54(57)48-45-42-39-36-34-32-29-25-23-21-19-17-14-11-8-5-2/h16,18,22,24-25,29,51H,4-15,17,19-21,23,26-28,30-50H2,1-3H3/b18-16-,24-22-,29-25-. The van der Waals surface area contributed by atoms with E-state index in [-0.39, 0.29) is 31.1 Å². The Bertz CT molecular complexity index is 1020. The van der Waals surface area contributed by atoms with Crippen molar-refractivity contribution in [2.24, 2.45) is 0 Å². The summed E-state index contributed by atoms with van der Waals surface area (Å²) in [5.41, 5.74) is 0. The van der Waals surface area contributed by atoms with Crippen LogP contribution in [-0.2, 0) is 28.6 Å². The molecule has 0 aliphatic heterocycles. The third-order valence-electron chi connectivity index (χ3n) is 11.4. The molecule has 0 N–H and O–H groups in total. The fourth-order valence-corrected chi connectivity index (χ4v) is 7.41. The van der Waals surface area contributed by atoms with Crippen molar-refractivity contribution in [1.29, 1.82) is 0 Å². The summed E-state index contributed by atoms with van der Waals surface area (Å²) in [5.74, 6) is -0.886. The van der Waals surface area contributed by atoms with E-state index in [2.05, 4.69) is 57.2 Å². The molecule has 0 bridgehead atoms. The number of hydrogen-bond donors (Lipinski definition) is 0. The van der Waals surface area contributed by atoms with E-state index in [1.165, 1.54) is 161 Å². The summed E-state index contributed by atoms with van der Waals surface area (Å²) < 4.78 is 16.7. The number of hydrogen-bond acceptors (Lipinski definition) is 6. The van der Waals surface area contributed by atoms with Crippen molar-refractivity contribution < 1.29 is 28.6 Å². The predicted molar refractivity (Wildman–Crippen MR) is 256 cm³/mol. The van der Waals surface area contributed by atoms with Gasteiger partial charge < -0.3 is 14.2 Å². The van der Waals surface area contributed by atoms with Gasteiger partial charge in [-0.05, 0) is 77.0 Å². The molecule has 0 amide bonds. The molecule has 0 aromatic carbocycles. The van der Waals surface area contributed by atoms with Crippen LogP contribution in [0.25, 0.3) is 0 Å². The summed E-state index contributed by atoms with van der Waals surface area (Å²) in [6.07, 6.45) is 57.1. The Balaban J connectivity index is 4.24. The van der Waals surface area contributed by atoms with E-state index in [1.807, 2.05) is 0 Å². The van der Waals surface area contributed by atoms with Gasteiger partial charge in [-0.3, -0.25) is 14.4 Å². The molecule has 0 saturated carbocycles. The van der Waals surface area contributed by atoms with Crippen LogP contribution in [0.3, 0.4) is 0 Å². The molecule has 6 nitrogen and oxygen atoms in total. The molecule has 0 heterocycles. The van der Waals surface area contributed by atoms with Crippen LogP contribution < -0.4 is 0 Å². The van der Waals surface area contributed by atoms with Crippen molar-refractivity contribution in [2.75, 3.05) is 13.2 Å². The number of esters is 3. The number of rotatable bonds is 47. The zero-order chi connectivity index (χ0) is 43.7. The Morgan fingerprint density at radius 2 is 0.600 bits per heavy atom. The van der Waals surface area contributed by atoms with Gasteiger partial charge in [0.15, 0.2) is 6.10 Å². The number of carbonyl (C=O) groups is 3. The summed E-state index contributed by atoms with van der Waals surface area (Å²) in [6, 6.07) is 0. The van der Waals surface area contributed by atoms with E-state index in [4.69, 9.17) is 14.2 Å². The summed E-state index contributed by atoms with van der Waals surface area (Å²) in [6.45, 7) is 6.58. The van der Waals surface area contributed by atoms with Gasteiger partial charge in [0.25, 0.3) is 0 Å². The van der Waals surface area contributed by atoms with Gasteiger partial charge in [-0.25, -0.2) is 0 Å². The molecule has 1 unspecified atom stereocenters. The zero-order valence-electron chi connectivity index (χ0n) is 40.0. The molecule has 0 spiro atoms. The van der Waals surface area contributed by atoms with Crippen molar-refractivity contribution in [3.05, 3.63) is 36.5 Å². The predicted octanol–water partition coefficient (Wildman–Crippen LogP) is 16.9. The van der Waals surface area contributed by atoms with Crippen LogP contribution in [0.2, 0.25) is 0 Å². The topological polar surface area (TPSA) is 78.9 Å². The van der Waals surface area contributed by atoms with Gasteiger partial charge in [-0.1, -0.05) is 211 Å². The normalized spacial score (nSPS) is 12.2. The first-order valence-corrected chi connectivity index (χ1v) is 26.0. The molecule has 0 aromatic rings. The number of unbranched alkanes of at least 4 members (excludes halogenated alkanes) is 30. The Morgan fingerprint density at radius 1 is 0.333 bits per heavy atom. The van der Waals surface area contributed by atoms with Crippen molar-refractivity contribution in [3.8, 4) is 0 Å². The van der Waals surface area contributed by atoms with Crippen molar-refractivity contribution >= 4 is 17.9 Å². The fraction of sp³-hybridized carbons (Fsp3) is 0.833. The fourth-order valence-electron chi connectivity index (χ4n) is 7.41. The van der Waals surface area contributed by atoms with E-state index in [1.54, 1.807) is 0 Å². The van der Waals surface area contributed by atoms with Crippen LogP contribution in [0.1, 0.15) is 271 Å². The van der Waals surface area contributed by atoms with E-state index < -0.39 is 6.10 Å². The van der Waals surface area contributed by atoms with Crippen LogP contribution in [0.15, 0.2) is 36.5 Å². The first kappa shape index (κ1) is 57.6. The highest BCUT2D eigenvalue weighted by atomic mass is 16.6. The minimum absolute atomic E-state index is 0.0750. The molecule has 0 radical (unpaired) electrons. The quantitative estimate of drug-likeness (QED) is 0.0263. The second-order valence-corrected chi connectivity index (χ2v) is 17.4. The smallest absolute Gasteiger partial charge is 0.306 e. The maximum Gasteiger partial charge on any atom is 0.306 e. The second kappa shape index (κ2) is 49.3. The molecule has 1 atom stereocenters. The van der Waals surface area contributed by atoms with E-state index in [0.717, 1.165) is 70.6 Å². The second-order valence-electron chi connectivity index (χ2n) is 17.4. The molecule has 0 aromatic heterocycles. The summed E-state index contributed by atoms with van der Waals surface area (Å²) in [7, 11) is 0. The van der Waals surface area contributed by atoms with Gasteiger partial charge in [0.2, 0.25) is 0 Å². The summed E-state index contributed by atoms with van der Waals surface area (Å²) in [5, 5.41) is 0. The minimum Gasteiger partial charge on any atom is -0.462 e. The number of carbonyl (C=O) groups excluding carboxylic acids is 3. The molecular weight excluding hydrogens is 745 g/mol. The Morgan fingerprint density at radius 3 is 0.967 bits per heavy atom. The van der Waals surface area contributed by atoms with Gasteiger partial charge in [0, 0.05) is 19.3 Å². The lowest BCUT2D eigenvalue weighted by molar-refractivity contribution is -0.167. The maximum atomic E-state index is 12.8. The highest BCUT2D eigenvalue weighted by molar-refractivity contribution is 5.71. The minimum atomic E-state index is -0.773. The number of ether oxygens (including phenoxy) is 3. The van der Waals surface area contributed by atoms with Gasteiger partial charge in [0.05, 0.1) is 0 Å². The van der Waals surface area contributed by atoms with Gasteiger partial charge in [-0.15, -0.1) is 0 Å². The van der Waals surface area contributed by atoms with Crippen LogP contribution in [0, 0.1) is 0 Å². The lowest BCUT2D eigenvalue weighted by Crippen LogP contribution is -2.30. The third kappa shape index (κ3) is 46.7. The molecule has 60 heavy (non-hydrogen) atoms. The first-order valence-electron chi connectivity index (χ1n) is 26.0. The highest BCUT2D eigenvalue weighted by Crippen LogP contribution is 2.15. The lowest BCUT2D eigenvalue weighted by atomic mass is 10.1.